The fourth-order valence-electron chi connectivity index (χ4n) is 8.25. The molecule has 8 N–H and O–H groups in total. The predicted octanol–water partition coefficient (Wildman–Crippen LogP) is 5.20. The Kier molecular flexibility index (Phi) is 27.6. The van der Waals surface area contributed by atoms with E-state index in [9.17, 15) is 9.90 Å². The normalized spacial score (nSPS) is 18.8. The fourth-order valence-corrected chi connectivity index (χ4v) is 8.25. The molecule has 1 aliphatic heterocycles. The van der Waals surface area contributed by atoms with E-state index in [1.165, 1.54) is 5.56 Å². The van der Waals surface area contributed by atoms with Crippen molar-refractivity contribution in [3.05, 3.63) is 71.8 Å². The SMILES string of the molecule is CCOC(N[C@H](Cc1ccccc1)C(N[C@H](CC(C)C)C(N[C@H](CCCCN)C(OCC)N(C)CCN1CCC[C@@H]1C(=O)O)OCC)OCC)[C@H](N)Cc1ccccc1.Cl. The van der Waals surface area contributed by atoms with E-state index in [1.54, 1.807) is 0 Å². The minimum Gasteiger partial charge on any atom is -0.480 e. The van der Waals surface area contributed by atoms with Crippen LogP contribution in [0, 0.1) is 5.92 Å². The Morgan fingerprint density at radius 3 is 1.88 bits per heavy atom. The number of carbonyl (C=O) groups is 1. The summed E-state index contributed by atoms with van der Waals surface area (Å²) in [6.45, 7) is 17.3. The zero-order chi connectivity index (χ0) is 43.0. The molecule has 60 heavy (non-hydrogen) atoms. The Labute approximate surface area is 368 Å². The molecule has 0 aromatic heterocycles. The second kappa shape index (κ2) is 30.7. The van der Waals surface area contributed by atoms with Crippen LogP contribution in [-0.4, -0.2) is 136 Å². The molecule has 1 aliphatic rings. The number of carboxylic acids is 1. The molecule has 0 aliphatic carbocycles. The Morgan fingerprint density at radius 2 is 1.33 bits per heavy atom. The molecular formula is C46H82ClN7O6. The summed E-state index contributed by atoms with van der Waals surface area (Å²) < 4.78 is 26.2. The zero-order valence-electron chi connectivity index (χ0n) is 37.8. The van der Waals surface area contributed by atoms with Gasteiger partial charge in [0.1, 0.15) is 31.0 Å². The maximum Gasteiger partial charge on any atom is 0.320 e. The molecule has 1 saturated heterocycles. The van der Waals surface area contributed by atoms with Crippen molar-refractivity contribution in [1.29, 1.82) is 0 Å². The largest absolute Gasteiger partial charge is 0.480 e. The molecule has 1 fully saturated rings. The van der Waals surface area contributed by atoms with Gasteiger partial charge < -0.3 is 35.5 Å². The lowest BCUT2D eigenvalue weighted by Crippen LogP contribution is -2.64. The molecule has 3 rings (SSSR count). The number of rotatable bonds is 33. The molecule has 14 heteroatoms. The van der Waals surface area contributed by atoms with Gasteiger partial charge in [0.05, 0.1) is 6.04 Å². The van der Waals surface area contributed by atoms with Gasteiger partial charge in [-0.1, -0.05) is 80.9 Å². The van der Waals surface area contributed by atoms with Crippen molar-refractivity contribution in [1.82, 2.24) is 25.8 Å². The van der Waals surface area contributed by atoms with Gasteiger partial charge in [-0.2, -0.15) is 0 Å². The average molecular weight is 865 g/mol. The molecular weight excluding hydrogens is 782 g/mol. The maximum absolute atomic E-state index is 12.0. The van der Waals surface area contributed by atoms with Crippen LogP contribution in [0.2, 0.25) is 0 Å². The van der Waals surface area contributed by atoms with Crippen LogP contribution < -0.4 is 27.4 Å². The van der Waals surface area contributed by atoms with E-state index in [1.807, 2.05) is 52.0 Å². The van der Waals surface area contributed by atoms with Crippen molar-refractivity contribution < 1.29 is 28.8 Å². The van der Waals surface area contributed by atoms with Crippen molar-refractivity contribution in [2.24, 2.45) is 17.4 Å². The third kappa shape index (κ3) is 19.0. The summed E-state index contributed by atoms with van der Waals surface area (Å²) in [6.07, 6.45) is 4.87. The number of likely N-dealkylation sites (tertiary alicyclic amines) is 1. The molecule has 0 amide bonds. The first kappa shape index (κ1) is 53.9. The zero-order valence-corrected chi connectivity index (χ0v) is 38.6. The summed E-state index contributed by atoms with van der Waals surface area (Å²) in [4.78, 5) is 16.3. The number of carboxylic acid groups (broad SMARTS) is 1. The number of benzene rings is 2. The summed E-state index contributed by atoms with van der Waals surface area (Å²) in [6, 6.07) is 19.6. The molecule has 0 radical (unpaired) electrons. The summed E-state index contributed by atoms with van der Waals surface area (Å²) in [5.41, 5.74) is 15.3. The van der Waals surface area contributed by atoms with Crippen LogP contribution in [0.1, 0.15) is 91.2 Å². The number of nitrogens with one attached hydrogen (secondary N) is 3. The Morgan fingerprint density at radius 1 is 0.800 bits per heavy atom. The number of likely N-dealkylation sites (N-methyl/N-ethyl adjacent to an activating group) is 1. The smallest absolute Gasteiger partial charge is 0.320 e. The van der Waals surface area contributed by atoms with E-state index in [0.29, 0.717) is 71.2 Å². The second-order valence-corrected chi connectivity index (χ2v) is 16.3. The summed E-state index contributed by atoms with van der Waals surface area (Å²) >= 11 is 0. The molecule has 13 nitrogen and oxygen atoms in total. The van der Waals surface area contributed by atoms with Gasteiger partial charge in [-0.15, -0.1) is 12.4 Å². The van der Waals surface area contributed by atoms with Crippen molar-refractivity contribution in [3.8, 4) is 0 Å². The number of nitrogens with zero attached hydrogens (tertiary/aromatic N) is 2. The predicted molar refractivity (Wildman–Crippen MR) is 245 cm³/mol. The molecule has 9 atom stereocenters. The highest BCUT2D eigenvalue weighted by Crippen LogP contribution is 2.21. The standard InChI is InChI=1S/C46H81N7O6.ClH/c1-8-56-42(37(48)32-35-21-14-12-15-22-35)50-40(33-36-23-16-13-17-24-36)44(58-10-3)51-39(31-34(5)6)43(57-9-2)49-38(25-18-19-27-47)45(59-11-4)52(7)29-30-53-28-20-26-41(53)46(54)55;/h12-17,21-24,34,37-45,49-51H,8-11,18-20,25-33,47-48H2,1-7H3,(H,54,55);1H/t37-,38-,39-,40-,41-,42?,43?,44?,45?;/m1./s1. The van der Waals surface area contributed by atoms with Crippen molar-refractivity contribution in [2.45, 2.75) is 148 Å². The lowest BCUT2D eigenvalue weighted by Gasteiger charge is -2.41. The van der Waals surface area contributed by atoms with Gasteiger partial charge >= 0.3 is 5.97 Å². The van der Waals surface area contributed by atoms with Gasteiger partial charge in [-0.25, -0.2) is 0 Å². The van der Waals surface area contributed by atoms with Gasteiger partial charge in [0, 0.05) is 57.6 Å². The van der Waals surface area contributed by atoms with Crippen molar-refractivity contribution in [2.75, 3.05) is 59.7 Å². The highest BCUT2D eigenvalue weighted by atomic mass is 35.5. The molecule has 0 saturated carbocycles. The molecule has 344 valence electrons. The molecule has 4 unspecified atom stereocenters. The van der Waals surface area contributed by atoms with Gasteiger partial charge in [0.25, 0.3) is 0 Å². The number of aliphatic carboxylic acids is 1. The first-order chi connectivity index (χ1) is 28.5. The maximum atomic E-state index is 12.0. The highest BCUT2D eigenvalue weighted by molar-refractivity contribution is 5.85. The summed E-state index contributed by atoms with van der Waals surface area (Å²) in [7, 11) is 2.07. The van der Waals surface area contributed by atoms with Crippen LogP contribution >= 0.6 is 12.4 Å². The topological polar surface area (TPSA) is 169 Å². The van der Waals surface area contributed by atoms with E-state index in [2.05, 4.69) is 83.0 Å². The molecule has 1 heterocycles. The third-order valence-corrected chi connectivity index (χ3v) is 11.1. The third-order valence-electron chi connectivity index (χ3n) is 11.1. The van der Waals surface area contributed by atoms with Crippen LogP contribution in [0.25, 0.3) is 0 Å². The van der Waals surface area contributed by atoms with Crippen LogP contribution in [-0.2, 0) is 36.6 Å². The van der Waals surface area contributed by atoms with Crippen LogP contribution in [0.15, 0.2) is 60.7 Å². The minimum atomic E-state index is -0.744. The summed E-state index contributed by atoms with van der Waals surface area (Å²) in [5.74, 6) is -0.398. The van der Waals surface area contributed by atoms with Crippen molar-refractivity contribution in [3.63, 3.8) is 0 Å². The van der Waals surface area contributed by atoms with E-state index in [4.69, 9.17) is 30.4 Å². The lowest BCUT2D eigenvalue weighted by molar-refractivity contribution is -0.142. The van der Waals surface area contributed by atoms with E-state index in [-0.39, 0.29) is 49.0 Å². The molecule has 2 aromatic rings. The van der Waals surface area contributed by atoms with E-state index < -0.39 is 24.5 Å². The fraction of sp³-hybridized carbons (Fsp3) is 0.717. The van der Waals surface area contributed by atoms with Gasteiger partial charge in [-0.05, 0) is 110 Å². The van der Waals surface area contributed by atoms with Gasteiger partial charge in [-0.3, -0.25) is 30.5 Å². The molecule has 2 aromatic carbocycles. The number of hydrogen-bond donors (Lipinski definition) is 6. The molecule has 0 spiro atoms. The lowest BCUT2D eigenvalue weighted by atomic mass is 9.98. The van der Waals surface area contributed by atoms with Crippen LogP contribution in [0.3, 0.4) is 0 Å². The Bertz CT molecular complexity index is 1370. The number of nitrogens with two attached hydrogens (primary N) is 2. The van der Waals surface area contributed by atoms with E-state index >= 15 is 0 Å². The van der Waals surface area contributed by atoms with Crippen molar-refractivity contribution >= 4 is 18.4 Å². The first-order valence-corrected chi connectivity index (χ1v) is 22.5. The number of hydrogen-bond acceptors (Lipinski definition) is 12. The number of halogens is 1. The first-order valence-electron chi connectivity index (χ1n) is 22.5. The minimum absolute atomic E-state index is 0. The average Bonchev–Trinajstić information content (AvgIpc) is 3.70. The monoisotopic (exact) mass is 864 g/mol. The number of unbranched alkanes of at least 4 members (excludes halogenated alkanes) is 1. The Balaban J connectivity index is 0.0000124. The van der Waals surface area contributed by atoms with Crippen LogP contribution in [0.4, 0.5) is 0 Å². The van der Waals surface area contributed by atoms with Gasteiger partial charge in [0.15, 0.2) is 0 Å². The van der Waals surface area contributed by atoms with Crippen LogP contribution in [0.5, 0.6) is 0 Å². The number of ether oxygens (including phenoxy) is 4. The second-order valence-electron chi connectivity index (χ2n) is 16.3. The van der Waals surface area contributed by atoms with Gasteiger partial charge in [0.2, 0.25) is 0 Å². The van der Waals surface area contributed by atoms with E-state index in [0.717, 1.165) is 44.2 Å². The summed E-state index contributed by atoms with van der Waals surface area (Å²) in [5, 5.41) is 21.6. The quantitative estimate of drug-likeness (QED) is 0.0410. The highest BCUT2D eigenvalue weighted by Gasteiger charge is 2.37. The Hall–Kier alpha value is -2.24. The molecule has 0 bridgehead atoms.